The smallest absolute Gasteiger partial charge is 0.234 e. The number of hydrogen-bond donors (Lipinski definition) is 0. The van der Waals surface area contributed by atoms with Gasteiger partial charge in [-0.25, -0.2) is 0 Å². The van der Waals surface area contributed by atoms with Crippen LogP contribution in [0.4, 0.5) is 5.69 Å². The Morgan fingerprint density at radius 3 is 2.53 bits per heavy atom. The molecule has 0 unspecified atom stereocenters. The molecule has 1 aliphatic rings. The molecule has 15 heavy (non-hydrogen) atoms. The first-order valence-corrected chi connectivity index (χ1v) is 4.84. The van der Waals surface area contributed by atoms with Crippen molar-refractivity contribution in [2.45, 2.75) is 20.3 Å². The fraction of sp³-hybridized carbons (Fsp3) is 0.364. The lowest BCUT2D eigenvalue weighted by molar-refractivity contribution is -0.121. The van der Waals surface area contributed by atoms with Gasteiger partial charge in [0.2, 0.25) is 5.91 Å². The summed E-state index contributed by atoms with van der Waals surface area (Å²) in [5.41, 5.74) is 2.45. The number of Topliss-reactive ketones (excluding diaryl/α,β-unsaturated/α-hetero) is 1. The summed E-state index contributed by atoms with van der Waals surface area (Å²) in [7, 11) is 0. The first-order valence-electron chi connectivity index (χ1n) is 4.84. The van der Waals surface area contributed by atoms with E-state index in [0.29, 0.717) is 0 Å². The Labute approximate surface area is 87.9 Å². The lowest BCUT2D eigenvalue weighted by Crippen LogP contribution is -2.25. The first-order chi connectivity index (χ1) is 7.08. The van der Waals surface area contributed by atoms with E-state index in [0.717, 1.165) is 17.1 Å². The van der Waals surface area contributed by atoms with E-state index in [4.69, 9.17) is 0 Å². The fourth-order valence-corrected chi connectivity index (χ4v) is 1.77. The van der Waals surface area contributed by atoms with Crippen molar-refractivity contribution in [3.05, 3.63) is 23.5 Å². The van der Waals surface area contributed by atoms with Crippen LogP contribution in [0.1, 0.15) is 17.8 Å². The van der Waals surface area contributed by atoms with Crippen LogP contribution in [-0.2, 0) is 9.59 Å². The van der Waals surface area contributed by atoms with Gasteiger partial charge in [0, 0.05) is 5.69 Å². The third kappa shape index (κ3) is 1.75. The van der Waals surface area contributed by atoms with Gasteiger partial charge in [0.25, 0.3) is 0 Å². The van der Waals surface area contributed by atoms with Crippen molar-refractivity contribution < 1.29 is 9.59 Å². The second kappa shape index (κ2) is 3.46. The molecule has 0 bridgehead atoms. The number of anilines is 1. The Balaban J connectivity index is 2.38. The van der Waals surface area contributed by atoms with E-state index in [1.807, 2.05) is 26.0 Å². The molecule has 0 aliphatic carbocycles. The minimum Gasteiger partial charge on any atom is -0.303 e. The van der Waals surface area contributed by atoms with E-state index in [-0.39, 0.29) is 24.7 Å². The lowest BCUT2D eigenvalue weighted by Gasteiger charge is -2.16. The molecule has 1 amide bonds. The van der Waals surface area contributed by atoms with Gasteiger partial charge >= 0.3 is 0 Å². The maximum atomic E-state index is 11.5. The number of aryl methyl sites for hydroxylation is 2. The molecular weight excluding hydrogens is 192 g/mol. The zero-order valence-corrected chi connectivity index (χ0v) is 8.78. The molecule has 2 heterocycles. The lowest BCUT2D eigenvalue weighted by atomic mass is 10.2. The summed E-state index contributed by atoms with van der Waals surface area (Å²) in [6, 6.07) is 3.69. The van der Waals surface area contributed by atoms with E-state index >= 15 is 0 Å². The van der Waals surface area contributed by atoms with Gasteiger partial charge in [-0.1, -0.05) is 0 Å². The highest BCUT2D eigenvalue weighted by Crippen LogP contribution is 2.22. The quantitative estimate of drug-likeness (QED) is 0.641. The molecule has 0 spiro atoms. The zero-order chi connectivity index (χ0) is 11.0. The van der Waals surface area contributed by atoms with Gasteiger partial charge in [-0.05, 0) is 26.0 Å². The Hall–Kier alpha value is -1.71. The van der Waals surface area contributed by atoms with Crippen molar-refractivity contribution in [3.8, 4) is 0 Å². The average molecular weight is 204 g/mol. The molecule has 1 saturated heterocycles. The maximum absolute atomic E-state index is 11.5. The fourth-order valence-electron chi connectivity index (χ4n) is 1.77. The summed E-state index contributed by atoms with van der Waals surface area (Å²) in [4.78, 5) is 28.4. The highest BCUT2D eigenvalue weighted by atomic mass is 16.2. The highest BCUT2D eigenvalue weighted by Gasteiger charge is 2.29. The van der Waals surface area contributed by atoms with Gasteiger partial charge in [0.05, 0.1) is 24.3 Å². The van der Waals surface area contributed by atoms with Crippen LogP contribution in [-0.4, -0.2) is 23.2 Å². The standard InChI is InChI=1S/C11H12N2O2/c1-7-3-4-10(8(2)12-7)13-6-9(14)5-11(13)15/h3-4H,5-6H2,1-2H3. The van der Waals surface area contributed by atoms with Crippen molar-refractivity contribution >= 4 is 17.4 Å². The first kappa shape index (κ1) is 9.83. The number of carbonyl (C=O) groups excluding carboxylic acids is 2. The van der Waals surface area contributed by atoms with E-state index in [9.17, 15) is 9.59 Å². The van der Waals surface area contributed by atoms with Crippen LogP contribution in [0, 0.1) is 13.8 Å². The van der Waals surface area contributed by atoms with Crippen LogP contribution in [0.15, 0.2) is 12.1 Å². The summed E-state index contributed by atoms with van der Waals surface area (Å²) in [5.74, 6) is -0.159. The number of pyridine rings is 1. The molecule has 0 radical (unpaired) electrons. The van der Waals surface area contributed by atoms with Gasteiger partial charge in [0.1, 0.15) is 0 Å². The van der Waals surface area contributed by atoms with Gasteiger partial charge in [0.15, 0.2) is 5.78 Å². The van der Waals surface area contributed by atoms with Crippen LogP contribution in [0.25, 0.3) is 0 Å². The Morgan fingerprint density at radius 1 is 1.27 bits per heavy atom. The Kier molecular flexibility index (Phi) is 2.26. The summed E-state index contributed by atoms with van der Waals surface area (Å²) in [6.45, 7) is 3.93. The molecule has 0 N–H and O–H groups in total. The molecule has 1 aliphatic heterocycles. The number of nitrogens with zero attached hydrogens (tertiary/aromatic N) is 2. The van der Waals surface area contributed by atoms with Gasteiger partial charge < -0.3 is 4.90 Å². The normalized spacial score (nSPS) is 16.3. The largest absolute Gasteiger partial charge is 0.303 e. The van der Waals surface area contributed by atoms with E-state index in [1.54, 1.807) is 0 Å². The summed E-state index contributed by atoms with van der Waals surface area (Å²) in [5, 5.41) is 0. The Morgan fingerprint density at radius 2 is 2.00 bits per heavy atom. The van der Waals surface area contributed by atoms with Crippen molar-refractivity contribution in [3.63, 3.8) is 0 Å². The van der Waals surface area contributed by atoms with Crippen LogP contribution in [0.2, 0.25) is 0 Å². The number of rotatable bonds is 1. The van der Waals surface area contributed by atoms with Crippen LogP contribution in [0.3, 0.4) is 0 Å². The Bertz CT molecular complexity index is 440. The maximum Gasteiger partial charge on any atom is 0.234 e. The highest BCUT2D eigenvalue weighted by molar-refractivity contribution is 6.15. The third-order valence-electron chi connectivity index (χ3n) is 2.47. The third-order valence-corrected chi connectivity index (χ3v) is 2.47. The molecule has 78 valence electrons. The number of amides is 1. The minimum atomic E-state index is -0.131. The molecule has 0 saturated carbocycles. The molecule has 4 nitrogen and oxygen atoms in total. The van der Waals surface area contributed by atoms with E-state index < -0.39 is 0 Å². The average Bonchev–Trinajstić information content (AvgIpc) is 2.45. The SMILES string of the molecule is Cc1ccc(N2CC(=O)CC2=O)c(C)n1. The number of hydrogen-bond acceptors (Lipinski definition) is 3. The predicted octanol–water partition coefficient (Wildman–Crippen LogP) is 1.00. The molecular formula is C11H12N2O2. The molecule has 1 fully saturated rings. The van der Waals surface area contributed by atoms with Gasteiger partial charge in [-0.15, -0.1) is 0 Å². The molecule has 2 rings (SSSR count). The second-order valence-electron chi connectivity index (χ2n) is 3.75. The van der Waals surface area contributed by atoms with Crippen LogP contribution < -0.4 is 4.90 Å². The molecule has 0 aromatic carbocycles. The monoisotopic (exact) mass is 204 g/mol. The van der Waals surface area contributed by atoms with Crippen molar-refractivity contribution in [2.75, 3.05) is 11.4 Å². The van der Waals surface area contributed by atoms with Gasteiger partial charge in [-0.2, -0.15) is 0 Å². The van der Waals surface area contributed by atoms with E-state index in [2.05, 4.69) is 4.98 Å². The molecule has 4 heteroatoms. The summed E-state index contributed by atoms with van der Waals surface area (Å²) < 4.78 is 0. The summed E-state index contributed by atoms with van der Waals surface area (Å²) >= 11 is 0. The molecule has 0 atom stereocenters. The number of carbonyl (C=O) groups is 2. The van der Waals surface area contributed by atoms with E-state index in [1.165, 1.54) is 4.90 Å². The zero-order valence-electron chi connectivity index (χ0n) is 8.78. The second-order valence-corrected chi connectivity index (χ2v) is 3.75. The minimum absolute atomic E-state index is 0.0211. The van der Waals surface area contributed by atoms with Crippen molar-refractivity contribution in [1.82, 2.24) is 4.98 Å². The van der Waals surface area contributed by atoms with Crippen LogP contribution >= 0.6 is 0 Å². The summed E-state index contributed by atoms with van der Waals surface area (Å²) in [6.07, 6.45) is 0.0211. The number of aromatic nitrogens is 1. The molecule has 1 aromatic heterocycles. The van der Waals surface area contributed by atoms with Crippen LogP contribution in [0.5, 0.6) is 0 Å². The predicted molar refractivity (Wildman–Crippen MR) is 55.7 cm³/mol. The number of ketones is 1. The topological polar surface area (TPSA) is 50.3 Å². The van der Waals surface area contributed by atoms with Crippen molar-refractivity contribution in [1.29, 1.82) is 0 Å². The van der Waals surface area contributed by atoms with Crippen molar-refractivity contribution in [2.24, 2.45) is 0 Å². The van der Waals surface area contributed by atoms with Gasteiger partial charge in [-0.3, -0.25) is 14.6 Å². The molecule has 1 aromatic rings.